The summed E-state index contributed by atoms with van der Waals surface area (Å²) in [4.78, 5) is 27.3. The molecule has 4 rings (SSSR count). The molecule has 2 aliphatic rings. The second-order valence-corrected chi connectivity index (χ2v) is 8.84. The molecule has 2 aliphatic heterocycles. The molecule has 2 saturated heterocycles. The van der Waals surface area contributed by atoms with Crippen molar-refractivity contribution in [2.45, 2.75) is 62.9 Å². The maximum absolute atomic E-state index is 13.1. The van der Waals surface area contributed by atoms with Crippen LogP contribution in [0.15, 0.2) is 42.5 Å². The molecule has 2 atom stereocenters. The minimum atomic E-state index is -0.344. The standard InChI is InChI=1S/C25H32N2O3/c1-30-18-21-10-4-5-16-27(21)24(29)13-15-25(14-12-23(28)26-25)17-20-9-6-8-19-7-2-3-11-22(19)20/h2-3,6-9,11,21H,4-5,10,12-18H2,1H3,(H,26,28)/t21-,25+/m0/s1. The molecule has 5 heteroatoms. The second-order valence-electron chi connectivity index (χ2n) is 8.84. The predicted molar refractivity (Wildman–Crippen MR) is 118 cm³/mol. The highest BCUT2D eigenvalue weighted by molar-refractivity contribution is 5.86. The van der Waals surface area contributed by atoms with Crippen LogP contribution in [0.3, 0.4) is 0 Å². The number of rotatable bonds is 7. The van der Waals surface area contributed by atoms with E-state index in [0.717, 1.165) is 38.6 Å². The lowest BCUT2D eigenvalue weighted by Gasteiger charge is -2.37. The minimum Gasteiger partial charge on any atom is -0.383 e. The second kappa shape index (κ2) is 9.17. The minimum absolute atomic E-state index is 0.0953. The van der Waals surface area contributed by atoms with Gasteiger partial charge in [-0.25, -0.2) is 0 Å². The Morgan fingerprint density at radius 1 is 1.20 bits per heavy atom. The summed E-state index contributed by atoms with van der Waals surface area (Å²) in [5.74, 6) is 0.285. The van der Waals surface area contributed by atoms with Crippen LogP contribution >= 0.6 is 0 Å². The van der Waals surface area contributed by atoms with Crippen LogP contribution in [-0.4, -0.2) is 48.6 Å². The van der Waals surface area contributed by atoms with E-state index in [4.69, 9.17) is 4.74 Å². The lowest BCUT2D eigenvalue weighted by Crippen LogP contribution is -2.48. The summed E-state index contributed by atoms with van der Waals surface area (Å²) < 4.78 is 5.34. The number of likely N-dealkylation sites (tertiary alicyclic amines) is 1. The van der Waals surface area contributed by atoms with Crippen LogP contribution in [-0.2, 0) is 20.7 Å². The Bertz CT molecular complexity index is 905. The first-order valence-corrected chi connectivity index (χ1v) is 11.2. The molecule has 0 aromatic heterocycles. The van der Waals surface area contributed by atoms with Crippen molar-refractivity contribution in [1.29, 1.82) is 0 Å². The SMILES string of the molecule is COC[C@@H]1CCCCN1C(=O)CC[C@@]1(Cc2cccc3ccccc23)CCC(=O)N1. The van der Waals surface area contributed by atoms with Gasteiger partial charge in [-0.2, -0.15) is 0 Å². The Balaban J connectivity index is 1.50. The van der Waals surface area contributed by atoms with Crippen LogP contribution in [0.2, 0.25) is 0 Å². The third kappa shape index (κ3) is 4.51. The smallest absolute Gasteiger partial charge is 0.222 e. The lowest BCUT2D eigenvalue weighted by atomic mass is 9.83. The van der Waals surface area contributed by atoms with Crippen molar-refractivity contribution in [1.82, 2.24) is 10.2 Å². The number of carbonyl (C=O) groups is 2. The van der Waals surface area contributed by atoms with Gasteiger partial charge in [-0.15, -0.1) is 0 Å². The van der Waals surface area contributed by atoms with Gasteiger partial charge in [-0.1, -0.05) is 42.5 Å². The lowest BCUT2D eigenvalue weighted by molar-refractivity contribution is -0.136. The Hall–Kier alpha value is -2.40. The summed E-state index contributed by atoms with van der Waals surface area (Å²) in [6.45, 7) is 1.42. The zero-order chi connectivity index (χ0) is 21.0. The fraction of sp³-hybridized carbons (Fsp3) is 0.520. The zero-order valence-electron chi connectivity index (χ0n) is 17.9. The quantitative estimate of drug-likeness (QED) is 0.757. The highest BCUT2D eigenvalue weighted by atomic mass is 16.5. The monoisotopic (exact) mass is 408 g/mol. The van der Waals surface area contributed by atoms with E-state index in [1.54, 1.807) is 7.11 Å². The predicted octanol–water partition coefficient (Wildman–Crippen LogP) is 3.84. The highest BCUT2D eigenvalue weighted by Crippen LogP contribution is 2.32. The van der Waals surface area contributed by atoms with Gasteiger partial charge in [-0.3, -0.25) is 9.59 Å². The largest absolute Gasteiger partial charge is 0.383 e. The average Bonchev–Trinajstić information content (AvgIpc) is 3.13. The van der Waals surface area contributed by atoms with Crippen molar-refractivity contribution in [2.24, 2.45) is 0 Å². The van der Waals surface area contributed by atoms with Crippen molar-refractivity contribution < 1.29 is 14.3 Å². The highest BCUT2D eigenvalue weighted by Gasteiger charge is 2.39. The molecule has 2 heterocycles. The van der Waals surface area contributed by atoms with Gasteiger partial charge in [0.25, 0.3) is 0 Å². The van der Waals surface area contributed by atoms with Gasteiger partial charge in [-0.05, 0) is 54.9 Å². The molecule has 0 aliphatic carbocycles. The number of ether oxygens (including phenoxy) is 1. The number of amides is 2. The molecule has 30 heavy (non-hydrogen) atoms. The van der Waals surface area contributed by atoms with Crippen molar-refractivity contribution in [3.63, 3.8) is 0 Å². The van der Waals surface area contributed by atoms with E-state index in [-0.39, 0.29) is 23.4 Å². The molecule has 160 valence electrons. The number of nitrogens with one attached hydrogen (secondary N) is 1. The van der Waals surface area contributed by atoms with Gasteiger partial charge in [0.15, 0.2) is 0 Å². The zero-order valence-corrected chi connectivity index (χ0v) is 17.9. The number of benzene rings is 2. The van der Waals surface area contributed by atoms with Crippen LogP contribution < -0.4 is 5.32 Å². The van der Waals surface area contributed by atoms with E-state index in [9.17, 15) is 9.59 Å². The van der Waals surface area contributed by atoms with E-state index in [1.807, 2.05) is 11.0 Å². The average molecular weight is 409 g/mol. The number of hydrogen-bond acceptors (Lipinski definition) is 3. The molecule has 0 spiro atoms. The molecule has 2 fully saturated rings. The summed E-state index contributed by atoms with van der Waals surface area (Å²) in [7, 11) is 1.70. The van der Waals surface area contributed by atoms with E-state index in [1.165, 1.54) is 16.3 Å². The number of methoxy groups -OCH3 is 1. The topological polar surface area (TPSA) is 58.6 Å². The Labute approximate surface area is 178 Å². The van der Waals surface area contributed by atoms with Gasteiger partial charge in [0.1, 0.15) is 0 Å². The van der Waals surface area contributed by atoms with Gasteiger partial charge in [0.2, 0.25) is 11.8 Å². The molecular formula is C25H32N2O3. The normalized spacial score (nSPS) is 24.2. The Kier molecular flexibility index (Phi) is 6.38. The van der Waals surface area contributed by atoms with Crippen LogP contribution in [0.5, 0.6) is 0 Å². The van der Waals surface area contributed by atoms with Crippen molar-refractivity contribution >= 4 is 22.6 Å². The number of fused-ring (bicyclic) bond motifs is 1. The number of nitrogens with zero attached hydrogens (tertiary/aromatic N) is 1. The molecule has 5 nitrogen and oxygen atoms in total. The first kappa shape index (κ1) is 20.9. The van der Waals surface area contributed by atoms with Gasteiger partial charge in [0.05, 0.1) is 12.6 Å². The maximum Gasteiger partial charge on any atom is 0.222 e. The Morgan fingerprint density at radius 3 is 2.83 bits per heavy atom. The van der Waals surface area contributed by atoms with Crippen LogP contribution in [0.25, 0.3) is 10.8 Å². The summed E-state index contributed by atoms with van der Waals surface area (Å²) in [6, 6.07) is 14.9. The van der Waals surface area contributed by atoms with Gasteiger partial charge in [0, 0.05) is 32.0 Å². The molecular weight excluding hydrogens is 376 g/mol. The van der Waals surface area contributed by atoms with Gasteiger partial charge >= 0.3 is 0 Å². The van der Waals surface area contributed by atoms with E-state index in [2.05, 4.69) is 41.7 Å². The summed E-state index contributed by atoms with van der Waals surface area (Å²) in [5, 5.41) is 5.68. The third-order valence-electron chi connectivity index (χ3n) is 6.77. The number of piperidine rings is 1. The third-order valence-corrected chi connectivity index (χ3v) is 6.77. The summed E-state index contributed by atoms with van der Waals surface area (Å²) in [6.07, 6.45) is 6.44. The fourth-order valence-electron chi connectivity index (χ4n) is 5.18. The van der Waals surface area contributed by atoms with Gasteiger partial charge < -0.3 is 15.0 Å². The molecule has 0 saturated carbocycles. The fourth-order valence-corrected chi connectivity index (χ4v) is 5.18. The summed E-state index contributed by atoms with van der Waals surface area (Å²) in [5.41, 5.74) is 0.890. The first-order chi connectivity index (χ1) is 14.6. The first-order valence-electron chi connectivity index (χ1n) is 11.2. The van der Waals surface area contributed by atoms with E-state index >= 15 is 0 Å². The van der Waals surface area contributed by atoms with Crippen LogP contribution in [0, 0.1) is 0 Å². The maximum atomic E-state index is 13.1. The molecule has 0 radical (unpaired) electrons. The van der Waals surface area contributed by atoms with Crippen molar-refractivity contribution in [3.05, 3.63) is 48.0 Å². The van der Waals surface area contributed by atoms with Crippen LogP contribution in [0.4, 0.5) is 0 Å². The van der Waals surface area contributed by atoms with E-state index < -0.39 is 0 Å². The molecule has 2 aromatic carbocycles. The molecule has 2 amide bonds. The van der Waals surface area contributed by atoms with E-state index in [0.29, 0.717) is 25.9 Å². The summed E-state index contributed by atoms with van der Waals surface area (Å²) >= 11 is 0. The Morgan fingerprint density at radius 2 is 2.03 bits per heavy atom. The number of carbonyl (C=O) groups excluding carboxylic acids is 2. The van der Waals surface area contributed by atoms with Crippen molar-refractivity contribution in [2.75, 3.05) is 20.3 Å². The van der Waals surface area contributed by atoms with Crippen molar-refractivity contribution in [3.8, 4) is 0 Å². The molecule has 0 unspecified atom stereocenters. The molecule has 1 N–H and O–H groups in total. The van der Waals surface area contributed by atoms with Crippen LogP contribution in [0.1, 0.15) is 50.5 Å². The molecule has 0 bridgehead atoms. The molecule has 2 aromatic rings. The number of hydrogen-bond donors (Lipinski definition) is 1.